The minimum absolute atomic E-state index is 0.408. The molecule has 0 saturated heterocycles. The van der Waals surface area contributed by atoms with E-state index in [0.29, 0.717) is 12.1 Å². The number of nitrogens with one attached hydrogen (secondary N) is 1. The molecule has 0 spiro atoms. The summed E-state index contributed by atoms with van der Waals surface area (Å²) in [5.41, 5.74) is 0. The fourth-order valence-electron chi connectivity index (χ4n) is 2.31. The Hall–Kier alpha value is -0.0800. The highest BCUT2D eigenvalue weighted by Gasteiger charge is 2.26. The van der Waals surface area contributed by atoms with Crippen LogP contribution in [0.3, 0.4) is 0 Å². The van der Waals surface area contributed by atoms with Gasteiger partial charge in [-0.2, -0.15) is 0 Å². The fourth-order valence-corrected chi connectivity index (χ4v) is 2.31. The lowest BCUT2D eigenvalue weighted by Gasteiger charge is -2.33. The Bertz CT molecular complexity index is 145. The number of hydrogen-bond donors (Lipinski definition) is 1. The van der Waals surface area contributed by atoms with Crippen LogP contribution >= 0.6 is 0 Å². The van der Waals surface area contributed by atoms with Gasteiger partial charge < -0.3 is 10.1 Å². The second-order valence-corrected chi connectivity index (χ2v) is 4.49. The molecule has 1 aliphatic carbocycles. The van der Waals surface area contributed by atoms with Gasteiger partial charge in [0.05, 0.1) is 6.10 Å². The summed E-state index contributed by atoms with van der Waals surface area (Å²) in [5, 5.41) is 3.41. The molecular weight excluding hydrogens is 174 g/mol. The molecule has 1 fully saturated rings. The topological polar surface area (TPSA) is 21.3 Å². The zero-order valence-electron chi connectivity index (χ0n) is 9.88. The fraction of sp³-hybridized carbons (Fsp3) is 1.00. The van der Waals surface area contributed by atoms with Gasteiger partial charge in [-0.3, -0.25) is 0 Å². The third-order valence-electron chi connectivity index (χ3n) is 3.51. The lowest BCUT2D eigenvalue weighted by molar-refractivity contribution is 0.0496. The van der Waals surface area contributed by atoms with Crippen LogP contribution in [0, 0.1) is 5.92 Å². The molecule has 0 amide bonds. The maximum atomic E-state index is 5.55. The van der Waals surface area contributed by atoms with E-state index >= 15 is 0 Å². The number of ether oxygens (including phenoxy) is 1. The van der Waals surface area contributed by atoms with Gasteiger partial charge in [0.15, 0.2) is 0 Å². The maximum absolute atomic E-state index is 5.55. The van der Waals surface area contributed by atoms with Crippen LogP contribution in [0.5, 0.6) is 0 Å². The van der Waals surface area contributed by atoms with E-state index in [1.165, 1.54) is 38.5 Å². The van der Waals surface area contributed by atoms with Crippen molar-refractivity contribution in [2.45, 2.75) is 57.6 Å². The van der Waals surface area contributed by atoms with E-state index in [4.69, 9.17) is 4.74 Å². The highest BCUT2D eigenvalue weighted by Crippen LogP contribution is 2.31. The highest BCUT2D eigenvalue weighted by molar-refractivity contribution is 4.81. The second kappa shape index (κ2) is 6.41. The second-order valence-electron chi connectivity index (χ2n) is 4.49. The summed E-state index contributed by atoms with van der Waals surface area (Å²) in [5.74, 6) is 0.960. The van der Waals surface area contributed by atoms with Crippen LogP contribution in [0.1, 0.15) is 45.4 Å². The minimum Gasteiger partial charge on any atom is -0.380 e. The molecule has 1 N–H and O–H groups in total. The van der Waals surface area contributed by atoms with Crippen LogP contribution < -0.4 is 5.32 Å². The standard InChI is InChI=1S/C12H25NO/c1-4-6-12(14-3)11(13-2)9-10-7-5-8-10/h10-13H,4-9H2,1-3H3. The molecule has 0 radical (unpaired) electrons. The number of hydrogen-bond acceptors (Lipinski definition) is 2. The van der Waals surface area contributed by atoms with Crippen molar-refractivity contribution in [2.24, 2.45) is 5.92 Å². The largest absolute Gasteiger partial charge is 0.380 e. The quantitative estimate of drug-likeness (QED) is 0.680. The van der Waals surface area contributed by atoms with Gasteiger partial charge in [0, 0.05) is 13.2 Å². The van der Waals surface area contributed by atoms with Crippen molar-refractivity contribution >= 4 is 0 Å². The Kier molecular flexibility index (Phi) is 5.49. The Morgan fingerprint density at radius 2 is 2.14 bits per heavy atom. The lowest BCUT2D eigenvalue weighted by Crippen LogP contribution is -2.41. The SMILES string of the molecule is CCCC(OC)C(CC1CCC1)NC. The van der Waals surface area contributed by atoms with Crippen molar-refractivity contribution in [3.63, 3.8) is 0 Å². The van der Waals surface area contributed by atoms with E-state index in [1.807, 2.05) is 7.11 Å². The lowest BCUT2D eigenvalue weighted by atomic mass is 9.79. The molecule has 2 atom stereocenters. The van der Waals surface area contributed by atoms with E-state index in [1.54, 1.807) is 0 Å². The maximum Gasteiger partial charge on any atom is 0.0724 e. The van der Waals surface area contributed by atoms with Crippen molar-refractivity contribution in [2.75, 3.05) is 14.2 Å². The van der Waals surface area contributed by atoms with Crippen molar-refractivity contribution in [1.82, 2.24) is 5.32 Å². The van der Waals surface area contributed by atoms with Gasteiger partial charge in [0.25, 0.3) is 0 Å². The summed E-state index contributed by atoms with van der Waals surface area (Å²) in [6.07, 6.45) is 8.39. The molecule has 0 aliphatic heterocycles. The van der Waals surface area contributed by atoms with Crippen molar-refractivity contribution < 1.29 is 4.74 Å². The van der Waals surface area contributed by atoms with Crippen molar-refractivity contribution in [3.8, 4) is 0 Å². The molecule has 0 aromatic rings. The van der Waals surface area contributed by atoms with Gasteiger partial charge in [-0.15, -0.1) is 0 Å². The molecule has 2 heteroatoms. The predicted molar refractivity (Wildman–Crippen MR) is 60.5 cm³/mol. The van der Waals surface area contributed by atoms with E-state index in [0.717, 1.165) is 5.92 Å². The monoisotopic (exact) mass is 199 g/mol. The molecule has 0 bridgehead atoms. The molecule has 0 heterocycles. The van der Waals surface area contributed by atoms with Gasteiger partial charge in [-0.25, -0.2) is 0 Å². The first-order valence-corrected chi connectivity index (χ1v) is 6.01. The smallest absolute Gasteiger partial charge is 0.0724 e. The van der Waals surface area contributed by atoms with Crippen molar-refractivity contribution in [3.05, 3.63) is 0 Å². The Labute approximate surface area is 88.4 Å². The zero-order valence-corrected chi connectivity index (χ0v) is 9.88. The van der Waals surface area contributed by atoms with Crippen LogP contribution in [0.15, 0.2) is 0 Å². The molecule has 0 aromatic carbocycles. The summed E-state index contributed by atoms with van der Waals surface area (Å²) >= 11 is 0. The first-order valence-electron chi connectivity index (χ1n) is 6.01. The molecule has 1 saturated carbocycles. The minimum atomic E-state index is 0.408. The van der Waals surface area contributed by atoms with Crippen LogP contribution in [0.25, 0.3) is 0 Å². The van der Waals surface area contributed by atoms with Crippen LogP contribution in [0.4, 0.5) is 0 Å². The zero-order chi connectivity index (χ0) is 10.4. The first-order chi connectivity index (χ1) is 6.81. The van der Waals surface area contributed by atoms with Gasteiger partial charge >= 0.3 is 0 Å². The molecule has 0 aromatic heterocycles. The Morgan fingerprint density at radius 1 is 1.43 bits per heavy atom. The van der Waals surface area contributed by atoms with Crippen LogP contribution in [-0.2, 0) is 4.74 Å². The Balaban J connectivity index is 2.32. The third-order valence-corrected chi connectivity index (χ3v) is 3.51. The molecule has 2 nitrogen and oxygen atoms in total. The molecule has 1 aliphatic rings. The number of methoxy groups -OCH3 is 1. The predicted octanol–water partition coefficient (Wildman–Crippen LogP) is 2.58. The number of rotatable bonds is 7. The Morgan fingerprint density at radius 3 is 2.50 bits per heavy atom. The van der Waals surface area contributed by atoms with Crippen LogP contribution in [0.2, 0.25) is 0 Å². The molecule has 1 rings (SSSR count). The molecule has 14 heavy (non-hydrogen) atoms. The van der Waals surface area contributed by atoms with Gasteiger partial charge in [0.2, 0.25) is 0 Å². The summed E-state index contributed by atoms with van der Waals surface area (Å²) in [4.78, 5) is 0. The van der Waals surface area contributed by atoms with E-state index < -0.39 is 0 Å². The molecular formula is C12H25NO. The molecule has 84 valence electrons. The van der Waals surface area contributed by atoms with E-state index in [9.17, 15) is 0 Å². The average Bonchev–Trinajstić information content (AvgIpc) is 2.14. The summed E-state index contributed by atoms with van der Waals surface area (Å²) < 4.78 is 5.55. The number of likely N-dealkylation sites (N-methyl/N-ethyl adjacent to an activating group) is 1. The van der Waals surface area contributed by atoms with Crippen LogP contribution in [-0.4, -0.2) is 26.3 Å². The van der Waals surface area contributed by atoms with E-state index in [-0.39, 0.29) is 0 Å². The summed E-state index contributed by atoms with van der Waals surface area (Å²) in [6.45, 7) is 2.22. The molecule has 2 unspecified atom stereocenters. The summed E-state index contributed by atoms with van der Waals surface area (Å²) in [6, 6.07) is 0.560. The first kappa shape index (κ1) is 12.0. The summed E-state index contributed by atoms with van der Waals surface area (Å²) in [7, 11) is 3.90. The van der Waals surface area contributed by atoms with Gasteiger partial charge in [-0.05, 0) is 25.8 Å². The van der Waals surface area contributed by atoms with Gasteiger partial charge in [0.1, 0.15) is 0 Å². The van der Waals surface area contributed by atoms with E-state index in [2.05, 4.69) is 19.3 Å². The van der Waals surface area contributed by atoms with Crippen molar-refractivity contribution in [1.29, 1.82) is 0 Å². The normalized spacial score (nSPS) is 21.6. The highest BCUT2D eigenvalue weighted by atomic mass is 16.5. The average molecular weight is 199 g/mol. The third kappa shape index (κ3) is 3.25. The van der Waals surface area contributed by atoms with Gasteiger partial charge in [-0.1, -0.05) is 32.6 Å².